The van der Waals surface area contributed by atoms with Crippen molar-refractivity contribution in [2.75, 3.05) is 13.2 Å². The minimum atomic E-state index is 0.00292. The van der Waals surface area contributed by atoms with Gasteiger partial charge in [-0.15, -0.1) is 0 Å². The van der Waals surface area contributed by atoms with Crippen LogP contribution in [-0.2, 0) is 12.8 Å². The van der Waals surface area contributed by atoms with Gasteiger partial charge in [-0.25, -0.2) is 0 Å². The highest BCUT2D eigenvalue weighted by Crippen LogP contribution is 2.28. The van der Waals surface area contributed by atoms with Crippen LogP contribution in [0.15, 0.2) is 24.3 Å². The smallest absolute Gasteiger partial charge is 0.0445 e. The molecule has 0 spiro atoms. The quantitative estimate of drug-likeness (QED) is 0.734. The van der Waals surface area contributed by atoms with E-state index in [1.807, 2.05) is 0 Å². The summed E-state index contributed by atoms with van der Waals surface area (Å²) >= 11 is 0. The van der Waals surface area contributed by atoms with E-state index in [1.165, 1.54) is 11.1 Å². The Balaban J connectivity index is 2.11. The van der Waals surface area contributed by atoms with Gasteiger partial charge in [0.05, 0.1) is 0 Å². The van der Waals surface area contributed by atoms with Gasteiger partial charge in [-0.3, -0.25) is 0 Å². The fourth-order valence-corrected chi connectivity index (χ4v) is 2.95. The molecule has 0 saturated heterocycles. The maximum atomic E-state index is 9.01. The Bertz CT molecular complexity index is 394. The molecule has 0 saturated carbocycles. The van der Waals surface area contributed by atoms with Gasteiger partial charge in [0.2, 0.25) is 0 Å². The highest BCUT2D eigenvalue weighted by molar-refractivity contribution is 5.32. The van der Waals surface area contributed by atoms with E-state index < -0.39 is 0 Å². The fraction of sp³-hybridized carbons (Fsp3) is 0.600. The van der Waals surface area contributed by atoms with Crippen molar-refractivity contribution in [3.63, 3.8) is 0 Å². The van der Waals surface area contributed by atoms with Gasteiger partial charge in [0.25, 0.3) is 0 Å². The molecule has 3 heteroatoms. The van der Waals surface area contributed by atoms with Crippen molar-refractivity contribution in [3.05, 3.63) is 35.4 Å². The lowest BCUT2D eigenvalue weighted by molar-refractivity contribution is 0.222. The van der Waals surface area contributed by atoms with Crippen molar-refractivity contribution in [2.45, 2.75) is 44.2 Å². The molecular formula is C15H24N2O. The van der Waals surface area contributed by atoms with E-state index in [0.29, 0.717) is 12.6 Å². The summed E-state index contributed by atoms with van der Waals surface area (Å²) < 4.78 is 0. The van der Waals surface area contributed by atoms with Gasteiger partial charge in [0, 0.05) is 24.7 Å². The zero-order valence-corrected chi connectivity index (χ0v) is 11.2. The summed E-state index contributed by atoms with van der Waals surface area (Å²) in [5.74, 6) is 0. The third-order valence-electron chi connectivity index (χ3n) is 4.03. The summed E-state index contributed by atoms with van der Waals surface area (Å²) in [5.41, 5.74) is 8.89. The summed E-state index contributed by atoms with van der Waals surface area (Å²) in [5, 5.41) is 12.6. The van der Waals surface area contributed by atoms with E-state index >= 15 is 0 Å². The monoisotopic (exact) mass is 248 g/mol. The minimum Gasteiger partial charge on any atom is -0.396 e. The van der Waals surface area contributed by atoms with Gasteiger partial charge >= 0.3 is 0 Å². The third-order valence-corrected chi connectivity index (χ3v) is 4.03. The second-order valence-electron chi connectivity index (χ2n) is 5.49. The van der Waals surface area contributed by atoms with Crippen molar-refractivity contribution in [1.82, 2.24) is 5.32 Å². The van der Waals surface area contributed by atoms with Crippen LogP contribution >= 0.6 is 0 Å². The zero-order chi connectivity index (χ0) is 13.0. The number of nitrogens with one attached hydrogen (secondary N) is 1. The molecule has 100 valence electrons. The number of fused-ring (bicyclic) bond motifs is 1. The number of benzene rings is 1. The predicted molar refractivity (Wildman–Crippen MR) is 74.6 cm³/mol. The van der Waals surface area contributed by atoms with E-state index in [1.54, 1.807) is 0 Å². The van der Waals surface area contributed by atoms with Crippen molar-refractivity contribution in [2.24, 2.45) is 5.73 Å². The number of aliphatic hydroxyl groups excluding tert-OH is 1. The van der Waals surface area contributed by atoms with Gasteiger partial charge in [-0.2, -0.15) is 0 Å². The number of hydrogen-bond acceptors (Lipinski definition) is 3. The molecule has 2 rings (SSSR count). The minimum absolute atomic E-state index is 0.00292. The Morgan fingerprint density at radius 1 is 1.39 bits per heavy atom. The van der Waals surface area contributed by atoms with Gasteiger partial charge < -0.3 is 16.2 Å². The molecule has 0 amide bonds. The molecule has 0 bridgehead atoms. The first-order valence-corrected chi connectivity index (χ1v) is 6.84. The van der Waals surface area contributed by atoms with Crippen LogP contribution in [0.4, 0.5) is 0 Å². The topological polar surface area (TPSA) is 58.3 Å². The molecule has 1 aliphatic rings. The molecular weight excluding hydrogens is 224 g/mol. The van der Waals surface area contributed by atoms with E-state index in [-0.39, 0.29) is 12.1 Å². The summed E-state index contributed by atoms with van der Waals surface area (Å²) in [4.78, 5) is 0. The second kappa shape index (κ2) is 5.83. The van der Waals surface area contributed by atoms with Crippen LogP contribution in [0.3, 0.4) is 0 Å². The van der Waals surface area contributed by atoms with E-state index in [0.717, 1.165) is 25.7 Å². The Hall–Kier alpha value is -0.900. The molecule has 2 atom stereocenters. The summed E-state index contributed by atoms with van der Waals surface area (Å²) in [6, 6.07) is 8.94. The van der Waals surface area contributed by atoms with Crippen LogP contribution in [0.25, 0.3) is 0 Å². The van der Waals surface area contributed by atoms with Gasteiger partial charge in [0.15, 0.2) is 0 Å². The lowest BCUT2D eigenvalue weighted by Gasteiger charge is -2.40. The van der Waals surface area contributed by atoms with Crippen molar-refractivity contribution < 1.29 is 5.11 Å². The molecule has 4 N–H and O–H groups in total. The first-order chi connectivity index (χ1) is 8.69. The Morgan fingerprint density at radius 3 is 2.78 bits per heavy atom. The Labute approximate surface area is 109 Å². The standard InChI is InChI=1S/C15H24N2O/c1-12(7-9-18)17-15(11-16)8-6-13-4-2-3-5-14(13)10-15/h2-5,12,17-18H,6-11,16H2,1H3. The molecule has 1 aromatic rings. The van der Waals surface area contributed by atoms with Crippen LogP contribution in [0.5, 0.6) is 0 Å². The number of aliphatic hydroxyl groups is 1. The largest absolute Gasteiger partial charge is 0.396 e. The molecule has 0 radical (unpaired) electrons. The number of nitrogens with two attached hydrogens (primary N) is 1. The van der Waals surface area contributed by atoms with Crippen LogP contribution in [0.1, 0.15) is 30.9 Å². The first kappa shape index (κ1) is 13.5. The maximum absolute atomic E-state index is 9.01. The van der Waals surface area contributed by atoms with Crippen molar-refractivity contribution in [3.8, 4) is 0 Å². The van der Waals surface area contributed by atoms with E-state index in [9.17, 15) is 0 Å². The van der Waals surface area contributed by atoms with Gasteiger partial charge in [-0.05, 0) is 43.7 Å². The molecule has 18 heavy (non-hydrogen) atoms. The number of aryl methyl sites for hydroxylation is 1. The van der Waals surface area contributed by atoms with Crippen molar-refractivity contribution >= 4 is 0 Å². The van der Waals surface area contributed by atoms with E-state index in [4.69, 9.17) is 10.8 Å². The average Bonchev–Trinajstić information content (AvgIpc) is 2.39. The highest BCUT2D eigenvalue weighted by atomic mass is 16.3. The lowest BCUT2D eigenvalue weighted by Crippen LogP contribution is -2.57. The molecule has 0 fully saturated rings. The summed E-state index contributed by atoms with van der Waals surface area (Å²) in [6.45, 7) is 3.00. The normalized spacial score (nSPS) is 24.6. The van der Waals surface area contributed by atoms with Crippen molar-refractivity contribution in [1.29, 1.82) is 0 Å². The summed E-state index contributed by atoms with van der Waals surface area (Å²) in [6.07, 6.45) is 3.95. The highest BCUT2D eigenvalue weighted by Gasteiger charge is 2.33. The molecule has 0 aliphatic heterocycles. The fourth-order valence-electron chi connectivity index (χ4n) is 2.95. The molecule has 1 aromatic carbocycles. The maximum Gasteiger partial charge on any atom is 0.0445 e. The number of rotatable bonds is 5. The second-order valence-corrected chi connectivity index (χ2v) is 5.49. The Kier molecular flexibility index (Phi) is 4.38. The molecule has 3 nitrogen and oxygen atoms in total. The zero-order valence-electron chi connectivity index (χ0n) is 11.2. The van der Waals surface area contributed by atoms with Gasteiger partial charge in [0.1, 0.15) is 0 Å². The van der Waals surface area contributed by atoms with Crippen LogP contribution < -0.4 is 11.1 Å². The molecule has 0 aromatic heterocycles. The van der Waals surface area contributed by atoms with Gasteiger partial charge in [-0.1, -0.05) is 24.3 Å². The SMILES string of the molecule is CC(CCO)NC1(CN)CCc2ccccc2C1. The van der Waals surface area contributed by atoms with Crippen LogP contribution in [-0.4, -0.2) is 29.8 Å². The average molecular weight is 248 g/mol. The molecule has 1 aliphatic carbocycles. The first-order valence-electron chi connectivity index (χ1n) is 6.84. The predicted octanol–water partition coefficient (Wildman–Crippen LogP) is 1.23. The molecule has 0 heterocycles. The number of hydrogen-bond donors (Lipinski definition) is 3. The molecule has 2 unspecified atom stereocenters. The van der Waals surface area contributed by atoms with Crippen LogP contribution in [0, 0.1) is 0 Å². The van der Waals surface area contributed by atoms with E-state index in [2.05, 4.69) is 36.5 Å². The summed E-state index contributed by atoms with van der Waals surface area (Å²) in [7, 11) is 0. The lowest BCUT2D eigenvalue weighted by atomic mass is 9.77. The third kappa shape index (κ3) is 2.91. The van der Waals surface area contributed by atoms with Crippen LogP contribution in [0.2, 0.25) is 0 Å². The Morgan fingerprint density at radius 2 is 2.11 bits per heavy atom.